The second-order valence-corrected chi connectivity index (χ2v) is 10.4. The molecule has 0 aliphatic heterocycles. The summed E-state index contributed by atoms with van der Waals surface area (Å²) in [4.78, 5) is 24.7. The maximum absolute atomic E-state index is 12.7. The Kier molecular flexibility index (Phi) is 4.49. The summed E-state index contributed by atoms with van der Waals surface area (Å²) in [5, 5.41) is 0. The Morgan fingerprint density at radius 1 is 0.966 bits per heavy atom. The van der Waals surface area contributed by atoms with Gasteiger partial charge in [0.2, 0.25) is 0 Å². The number of benzene rings is 1. The molecule has 1 aromatic carbocycles. The summed E-state index contributed by atoms with van der Waals surface area (Å²) in [6.07, 6.45) is 10.5. The number of ether oxygens (including phenoxy) is 1. The van der Waals surface area contributed by atoms with Gasteiger partial charge in [-0.15, -0.1) is 0 Å². The van der Waals surface area contributed by atoms with Crippen LogP contribution in [0.5, 0.6) is 0 Å². The van der Waals surface area contributed by atoms with E-state index in [2.05, 4.69) is 13.8 Å². The van der Waals surface area contributed by atoms with Crippen LogP contribution in [0.2, 0.25) is 0 Å². The van der Waals surface area contributed by atoms with Crippen molar-refractivity contribution in [1.29, 1.82) is 0 Å². The molecule has 5 rings (SSSR count). The Morgan fingerprint density at radius 3 is 2.55 bits per heavy atom. The average Bonchev–Trinajstić information content (AvgIpc) is 3.05. The van der Waals surface area contributed by atoms with Crippen LogP contribution in [0.15, 0.2) is 42.0 Å². The maximum Gasteiger partial charge on any atom is 0.338 e. The lowest BCUT2D eigenvalue weighted by molar-refractivity contribution is -0.118. The molecule has 3 heteroatoms. The van der Waals surface area contributed by atoms with Gasteiger partial charge < -0.3 is 4.74 Å². The van der Waals surface area contributed by atoms with Gasteiger partial charge in [-0.05, 0) is 86.3 Å². The third-order valence-corrected chi connectivity index (χ3v) is 9.13. The third kappa shape index (κ3) is 2.92. The van der Waals surface area contributed by atoms with E-state index >= 15 is 0 Å². The van der Waals surface area contributed by atoms with Gasteiger partial charge >= 0.3 is 5.97 Å². The highest BCUT2D eigenvalue weighted by Crippen LogP contribution is 2.65. The minimum atomic E-state index is -0.175. The van der Waals surface area contributed by atoms with E-state index in [1.165, 1.54) is 24.8 Å². The monoisotopic (exact) mass is 392 g/mol. The fourth-order valence-corrected chi connectivity index (χ4v) is 7.48. The fraction of sp³-hybridized carbons (Fsp3) is 0.615. The van der Waals surface area contributed by atoms with Gasteiger partial charge in [-0.1, -0.05) is 37.6 Å². The van der Waals surface area contributed by atoms with Crippen LogP contribution in [0.3, 0.4) is 0 Å². The summed E-state index contributed by atoms with van der Waals surface area (Å²) in [5.74, 6) is 2.16. The topological polar surface area (TPSA) is 43.4 Å². The van der Waals surface area contributed by atoms with E-state index in [4.69, 9.17) is 4.74 Å². The van der Waals surface area contributed by atoms with Gasteiger partial charge in [0.05, 0.1) is 5.56 Å². The number of allylic oxidation sites excluding steroid dienone is 1. The van der Waals surface area contributed by atoms with E-state index in [1.54, 1.807) is 0 Å². The average molecular weight is 393 g/mol. The first kappa shape index (κ1) is 19.1. The number of fused-ring (bicyclic) bond motifs is 5. The minimum Gasteiger partial charge on any atom is -0.458 e. The predicted octanol–water partition coefficient (Wildman–Crippen LogP) is 5.74. The molecule has 3 fully saturated rings. The number of carbonyl (C=O) groups excluding carboxylic acids is 2. The fourth-order valence-electron chi connectivity index (χ4n) is 7.48. The SMILES string of the molecule is C[C@]12CC[C@@H]3[C@H](CCC4=CC(=O)CC[C@@]43C)[C@H]1CC[C@@H]2OC(=O)c1ccccc1. The van der Waals surface area contributed by atoms with Gasteiger partial charge in [0.25, 0.3) is 0 Å². The Bertz CT molecular complexity index is 856. The molecule has 0 saturated heterocycles. The summed E-state index contributed by atoms with van der Waals surface area (Å²) >= 11 is 0. The summed E-state index contributed by atoms with van der Waals surface area (Å²) in [6.45, 7) is 4.80. The molecule has 0 bridgehead atoms. The summed E-state index contributed by atoms with van der Waals surface area (Å²) in [5.41, 5.74) is 2.37. The Morgan fingerprint density at radius 2 is 1.76 bits per heavy atom. The molecule has 6 atom stereocenters. The van der Waals surface area contributed by atoms with Crippen molar-refractivity contribution in [2.24, 2.45) is 28.6 Å². The van der Waals surface area contributed by atoms with Crippen molar-refractivity contribution in [2.45, 2.75) is 71.3 Å². The van der Waals surface area contributed by atoms with Crippen LogP contribution in [0.4, 0.5) is 0 Å². The van der Waals surface area contributed by atoms with Crippen LogP contribution in [-0.2, 0) is 9.53 Å². The lowest BCUT2D eigenvalue weighted by Crippen LogP contribution is -2.51. The number of rotatable bonds is 2. The number of carbonyl (C=O) groups is 2. The van der Waals surface area contributed by atoms with Crippen LogP contribution in [0.1, 0.15) is 75.6 Å². The van der Waals surface area contributed by atoms with E-state index in [-0.39, 0.29) is 22.9 Å². The van der Waals surface area contributed by atoms with Gasteiger partial charge in [0.1, 0.15) is 6.10 Å². The largest absolute Gasteiger partial charge is 0.458 e. The van der Waals surface area contributed by atoms with Crippen molar-refractivity contribution in [3.63, 3.8) is 0 Å². The Labute approximate surface area is 173 Å². The first-order valence-electron chi connectivity index (χ1n) is 11.4. The second kappa shape index (κ2) is 6.82. The van der Waals surface area contributed by atoms with Gasteiger partial charge in [-0.25, -0.2) is 4.79 Å². The lowest BCUT2D eigenvalue weighted by Gasteiger charge is -2.57. The molecule has 0 amide bonds. The van der Waals surface area contributed by atoms with E-state index in [1.807, 2.05) is 36.4 Å². The minimum absolute atomic E-state index is 0.0267. The van der Waals surface area contributed by atoms with Gasteiger partial charge in [0.15, 0.2) is 5.78 Å². The van der Waals surface area contributed by atoms with E-state index in [0.717, 1.165) is 25.7 Å². The summed E-state index contributed by atoms with van der Waals surface area (Å²) in [6, 6.07) is 9.39. The number of hydrogen-bond acceptors (Lipinski definition) is 3. The van der Waals surface area contributed by atoms with Crippen LogP contribution in [0.25, 0.3) is 0 Å². The maximum atomic E-state index is 12.7. The Hall–Kier alpha value is -1.90. The van der Waals surface area contributed by atoms with Crippen LogP contribution in [0, 0.1) is 28.6 Å². The van der Waals surface area contributed by atoms with Crippen molar-refractivity contribution in [2.75, 3.05) is 0 Å². The zero-order chi connectivity index (χ0) is 20.2. The molecule has 4 aliphatic rings. The molecular formula is C26H32O3. The standard InChI is InChI=1S/C26H32O3/c1-25-14-12-19(27)16-18(25)8-9-20-21-10-11-23(26(21,2)15-13-22(20)25)29-24(28)17-6-4-3-5-7-17/h3-7,16,20-23H,8-15H2,1-2H3/t20-,21-,22-,23+,25+,26+/m1/s1. The molecule has 4 aliphatic carbocycles. The van der Waals surface area contributed by atoms with Crippen molar-refractivity contribution in [1.82, 2.24) is 0 Å². The van der Waals surface area contributed by atoms with Crippen molar-refractivity contribution in [3.8, 4) is 0 Å². The van der Waals surface area contributed by atoms with E-state index in [0.29, 0.717) is 35.5 Å². The van der Waals surface area contributed by atoms with E-state index < -0.39 is 0 Å². The molecule has 1 aromatic rings. The molecular weight excluding hydrogens is 360 g/mol. The Balaban J connectivity index is 1.37. The molecule has 0 spiro atoms. The highest BCUT2D eigenvalue weighted by molar-refractivity contribution is 5.91. The number of ketones is 1. The quantitative estimate of drug-likeness (QED) is 0.603. The third-order valence-electron chi connectivity index (χ3n) is 9.13. The first-order chi connectivity index (χ1) is 13.9. The molecule has 154 valence electrons. The smallest absolute Gasteiger partial charge is 0.338 e. The zero-order valence-electron chi connectivity index (χ0n) is 17.7. The van der Waals surface area contributed by atoms with Gasteiger partial charge in [-0.3, -0.25) is 4.79 Å². The van der Waals surface area contributed by atoms with Gasteiger partial charge in [-0.2, -0.15) is 0 Å². The summed E-state index contributed by atoms with van der Waals surface area (Å²) < 4.78 is 6.10. The zero-order valence-corrected chi connectivity index (χ0v) is 17.7. The molecule has 0 unspecified atom stereocenters. The number of esters is 1. The van der Waals surface area contributed by atoms with Crippen LogP contribution < -0.4 is 0 Å². The molecule has 0 aromatic heterocycles. The highest BCUT2D eigenvalue weighted by atomic mass is 16.5. The molecule has 29 heavy (non-hydrogen) atoms. The molecule has 0 N–H and O–H groups in total. The predicted molar refractivity (Wildman–Crippen MR) is 112 cm³/mol. The summed E-state index contributed by atoms with van der Waals surface area (Å²) in [7, 11) is 0. The van der Waals surface area contributed by atoms with Crippen molar-refractivity contribution >= 4 is 11.8 Å². The number of hydrogen-bond donors (Lipinski definition) is 0. The highest BCUT2D eigenvalue weighted by Gasteiger charge is 2.59. The van der Waals surface area contributed by atoms with Crippen LogP contribution in [-0.4, -0.2) is 17.9 Å². The van der Waals surface area contributed by atoms with Crippen LogP contribution >= 0.6 is 0 Å². The molecule has 3 saturated carbocycles. The van der Waals surface area contributed by atoms with E-state index in [9.17, 15) is 9.59 Å². The molecule has 0 radical (unpaired) electrons. The van der Waals surface area contributed by atoms with Crippen molar-refractivity contribution in [3.05, 3.63) is 47.5 Å². The molecule has 3 nitrogen and oxygen atoms in total. The molecule has 0 heterocycles. The normalized spacial score (nSPS) is 41.0. The van der Waals surface area contributed by atoms with Crippen molar-refractivity contribution < 1.29 is 14.3 Å². The lowest BCUT2D eigenvalue weighted by atomic mass is 9.47. The second-order valence-electron chi connectivity index (χ2n) is 10.4. The first-order valence-corrected chi connectivity index (χ1v) is 11.4. The van der Waals surface area contributed by atoms with Gasteiger partial charge in [0, 0.05) is 11.8 Å².